The molecule has 0 bridgehead atoms. The largest absolute Gasteiger partial charge is 0.459 e. The van der Waals surface area contributed by atoms with E-state index in [9.17, 15) is 14.9 Å². The molecule has 1 atom stereocenters. The highest BCUT2D eigenvalue weighted by Crippen LogP contribution is 2.24. The van der Waals surface area contributed by atoms with Gasteiger partial charge in [-0.05, 0) is 30.7 Å². The first kappa shape index (κ1) is 18.2. The van der Waals surface area contributed by atoms with E-state index in [0.29, 0.717) is 11.4 Å². The summed E-state index contributed by atoms with van der Waals surface area (Å²) in [6, 6.07) is 17.0. The Kier molecular flexibility index (Phi) is 5.51. The van der Waals surface area contributed by atoms with Gasteiger partial charge in [0.15, 0.2) is 0 Å². The van der Waals surface area contributed by atoms with E-state index in [1.54, 1.807) is 30.0 Å². The van der Waals surface area contributed by atoms with E-state index in [1.165, 1.54) is 12.1 Å². The minimum atomic E-state index is -0.659. The van der Waals surface area contributed by atoms with Crippen LogP contribution in [0.4, 0.5) is 11.4 Å². The Morgan fingerprint density at radius 3 is 2.52 bits per heavy atom. The van der Waals surface area contributed by atoms with Crippen LogP contribution in [0.5, 0.6) is 0 Å². The van der Waals surface area contributed by atoms with Gasteiger partial charge in [0.05, 0.1) is 10.6 Å². The van der Waals surface area contributed by atoms with E-state index < -0.39 is 16.9 Å². The number of nitro benzene ring substituents is 1. The Bertz CT molecular complexity index is 924. The Balaban J connectivity index is 1.71. The van der Waals surface area contributed by atoms with E-state index in [4.69, 9.17) is 4.74 Å². The average Bonchev–Trinajstić information content (AvgIpc) is 3.21. The molecule has 0 aliphatic rings. The second-order valence-electron chi connectivity index (χ2n) is 6.04. The van der Waals surface area contributed by atoms with Crippen molar-refractivity contribution >= 4 is 17.3 Å². The minimum absolute atomic E-state index is 0.0615. The number of esters is 1. The smallest absolute Gasteiger partial charge is 0.328 e. The number of anilines is 1. The first-order valence-electron chi connectivity index (χ1n) is 8.43. The van der Waals surface area contributed by atoms with E-state index in [-0.39, 0.29) is 12.3 Å². The summed E-state index contributed by atoms with van der Waals surface area (Å²) in [7, 11) is 0. The van der Waals surface area contributed by atoms with E-state index in [0.717, 1.165) is 5.56 Å². The van der Waals surface area contributed by atoms with Gasteiger partial charge >= 0.3 is 5.97 Å². The van der Waals surface area contributed by atoms with Crippen LogP contribution in [-0.2, 0) is 16.1 Å². The van der Waals surface area contributed by atoms with Gasteiger partial charge in [0.2, 0.25) is 0 Å². The van der Waals surface area contributed by atoms with Crippen molar-refractivity contribution in [1.82, 2.24) is 4.57 Å². The highest BCUT2D eigenvalue weighted by atomic mass is 16.6. The van der Waals surface area contributed by atoms with Gasteiger partial charge in [0.1, 0.15) is 12.6 Å². The van der Waals surface area contributed by atoms with Crippen molar-refractivity contribution in [3.05, 3.63) is 88.7 Å². The maximum atomic E-state index is 12.2. The monoisotopic (exact) mass is 365 g/mol. The van der Waals surface area contributed by atoms with Crippen molar-refractivity contribution in [2.24, 2.45) is 0 Å². The standard InChI is InChI=1S/C20H19N3O4/c1-15(20(24)27-14-16-7-3-2-4-8-16)21-17-11-18(22-9-5-6-10-22)13-19(12-17)23(25)26/h2-13,15,21H,14H2,1H3. The maximum Gasteiger partial charge on any atom is 0.328 e. The van der Waals surface area contributed by atoms with Crippen LogP contribution >= 0.6 is 0 Å². The lowest BCUT2D eigenvalue weighted by Crippen LogP contribution is -2.28. The van der Waals surface area contributed by atoms with Gasteiger partial charge in [0.25, 0.3) is 5.69 Å². The van der Waals surface area contributed by atoms with E-state index >= 15 is 0 Å². The fraction of sp³-hybridized carbons (Fsp3) is 0.150. The first-order chi connectivity index (χ1) is 13.0. The second kappa shape index (κ2) is 8.18. The molecule has 1 N–H and O–H groups in total. The highest BCUT2D eigenvalue weighted by molar-refractivity contribution is 5.79. The number of nitrogens with zero attached hydrogens (tertiary/aromatic N) is 2. The number of non-ortho nitro benzene ring substituents is 1. The SMILES string of the molecule is CC(Nc1cc(-n2cccc2)cc([N+](=O)[O-])c1)C(=O)OCc1ccccc1. The Morgan fingerprint density at radius 1 is 1.15 bits per heavy atom. The summed E-state index contributed by atoms with van der Waals surface area (Å²) in [5.41, 5.74) is 1.93. The lowest BCUT2D eigenvalue weighted by atomic mass is 10.2. The van der Waals surface area contributed by atoms with Gasteiger partial charge in [-0.3, -0.25) is 10.1 Å². The molecule has 0 saturated heterocycles. The fourth-order valence-corrected chi connectivity index (χ4v) is 2.60. The zero-order valence-electron chi connectivity index (χ0n) is 14.7. The number of carbonyl (C=O) groups is 1. The summed E-state index contributed by atoms with van der Waals surface area (Å²) in [5.74, 6) is -0.437. The zero-order chi connectivity index (χ0) is 19.2. The number of aromatic nitrogens is 1. The van der Waals surface area contributed by atoms with E-state index in [2.05, 4.69) is 5.32 Å². The third-order valence-electron chi connectivity index (χ3n) is 3.98. The fourth-order valence-electron chi connectivity index (χ4n) is 2.60. The molecule has 3 rings (SSSR count). The molecular formula is C20H19N3O4. The normalized spacial score (nSPS) is 11.6. The molecule has 1 unspecified atom stereocenters. The third kappa shape index (κ3) is 4.72. The number of carbonyl (C=O) groups excluding carboxylic acids is 1. The molecule has 0 aliphatic carbocycles. The summed E-state index contributed by atoms with van der Waals surface area (Å²) < 4.78 is 7.06. The molecule has 1 aromatic heterocycles. The summed E-state index contributed by atoms with van der Waals surface area (Å²) in [5, 5.41) is 14.2. The van der Waals surface area contributed by atoms with Gasteiger partial charge < -0.3 is 14.6 Å². The molecule has 2 aromatic carbocycles. The van der Waals surface area contributed by atoms with E-state index in [1.807, 2.05) is 42.5 Å². The van der Waals surface area contributed by atoms with Crippen LogP contribution in [0, 0.1) is 10.1 Å². The van der Waals surface area contributed by atoms with Crippen LogP contribution in [-0.4, -0.2) is 21.5 Å². The molecule has 0 aliphatic heterocycles. The molecule has 0 amide bonds. The molecule has 0 fully saturated rings. The number of benzene rings is 2. The van der Waals surface area contributed by atoms with Crippen molar-refractivity contribution in [2.45, 2.75) is 19.6 Å². The molecule has 7 nitrogen and oxygen atoms in total. The molecule has 138 valence electrons. The summed E-state index contributed by atoms with van der Waals surface area (Å²) in [6.45, 7) is 1.83. The van der Waals surface area contributed by atoms with Crippen molar-refractivity contribution in [3.63, 3.8) is 0 Å². The quantitative estimate of drug-likeness (QED) is 0.389. The zero-order valence-corrected chi connectivity index (χ0v) is 14.7. The Hall–Kier alpha value is -3.61. The van der Waals surface area contributed by atoms with Gasteiger partial charge in [-0.15, -0.1) is 0 Å². The number of ether oxygens (including phenoxy) is 1. The molecule has 0 saturated carbocycles. The second-order valence-corrected chi connectivity index (χ2v) is 6.04. The predicted octanol–water partition coefficient (Wildman–Crippen LogP) is 3.93. The number of rotatable bonds is 7. The lowest BCUT2D eigenvalue weighted by Gasteiger charge is -2.15. The summed E-state index contributed by atoms with van der Waals surface area (Å²) in [4.78, 5) is 23.0. The minimum Gasteiger partial charge on any atom is -0.459 e. The van der Waals surface area contributed by atoms with Gasteiger partial charge in [-0.1, -0.05) is 30.3 Å². The van der Waals surface area contributed by atoms with Crippen LogP contribution in [0.15, 0.2) is 73.1 Å². The topological polar surface area (TPSA) is 86.4 Å². The van der Waals surface area contributed by atoms with Crippen molar-refractivity contribution in [3.8, 4) is 5.69 Å². The molecule has 7 heteroatoms. The Labute approximate surface area is 156 Å². The molecule has 0 spiro atoms. The highest BCUT2D eigenvalue weighted by Gasteiger charge is 2.17. The summed E-state index contributed by atoms with van der Waals surface area (Å²) in [6.07, 6.45) is 3.58. The van der Waals surface area contributed by atoms with Gasteiger partial charge in [0, 0.05) is 30.2 Å². The number of nitro groups is 1. The van der Waals surface area contributed by atoms with Crippen molar-refractivity contribution < 1.29 is 14.5 Å². The van der Waals surface area contributed by atoms with Crippen LogP contribution in [0.2, 0.25) is 0 Å². The van der Waals surface area contributed by atoms with Crippen molar-refractivity contribution in [1.29, 1.82) is 0 Å². The molecular weight excluding hydrogens is 346 g/mol. The number of hydrogen-bond acceptors (Lipinski definition) is 5. The van der Waals surface area contributed by atoms with Gasteiger partial charge in [-0.25, -0.2) is 4.79 Å². The molecule has 27 heavy (non-hydrogen) atoms. The molecule has 3 aromatic rings. The predicted molar refractivity (Wildman–Crippen MR) is 102 cm³/mol. The lowest BCUT2D eigenvalue weighted by molar-refractivity contribution is -0.384. The molecule has 0 radical (unpaired) electrons. The number of nitrogens with one attached hydrogen (secondary N) is 1. The summed E-state index contributed by atoms with van der Waals surface area (Å²) >= 11 is 0. The van der Waals surface area contributed by atoms with Crippen LogP contribution in [0.1, 0.15) is 12.5 Å². The van der Waals surface area contributed by atoms with Gasteiger partial charge in [-0.2, -0.15) is 0 Å². The number of hydrogen-bond donors (Lipinski definition) is 1. The van der Waals surface area contributed by atoms with Crippen LogP contribution < -0.4 is 5.32 Å². The molecule has 1 heterocycles. The van der Waals surface area contributed by atoms with Crippen LogP contribution in [0.25, 0.3) is 5.69 Å². The Morgan fingerprint density at radius 2 is 1.85 bits per heavy atom. The first-order valence-corrected chi connectivity index (χ1v) is 8.43. The van der Waals surface area contributed by atoms with Crippen LogP contribution in [0.3, 0.4) is 0 Å². The van der Waals surface area contributed by atoms with Crippen molar-refractivity contribution in [2.75, 3.05) is 5.32 Å². The average molecular weight is 365 g/mol. The maximum absolute atomic E-state index is 12.2. The third-order valence-corrected chi connectivity index (χ3v) is 3.98.